The normalized spacial score (nSPS) is 11.4. The van der Waals surface area contributed by atoms with Gasteiger partial charge in [0.1, 0.15) is 17.0 Å². The average molecular weight is 377 g/mol. The Balaban J connectivity index is 1.63. The van der Waals surface area contributed by atoms with Crippen molar-refractivity contribution in [2.24, 2.45) is 5.16 Å². The van der Waals surface area contributed by atoms with E-state index in [9.17, 15) is 10.0 Å². The summed E-state index contributed by atoms with van der Waals surface area (Å²) < 4.78 is 5.28. The van der Waals surface area contributed by atoms with E-state index < -0.39 is 0 Å². The van der Waals surface area contributed by atoms with Crippen molar-refractivity contribution in [2.45, 2.75) is 26.7 Å². The number of rotatable bonds is 7. The molecule has 2 N–H and O–H groups in total. The number of benzene rings is 2. The molecule has 0 aliphatic carbocycles. The Morgan fingerprint density at radius 3 is 2.54 bits per heavy atom. The smallest absolute Gasteiger partial charge is 0.257 e. The molecule has 1 heterocycles. The second-order valence-electron chi connectivity index (χ2n) is 6.55. The summed E-state index contributed by atoms with van der Waals surface area (Å²) in [5.74, 6) is 0.261. The van der Waals surface area contributed by atoms with E-state index in [0.29, 0.717) is 42.1 Å². The molecule has 0 atom stereocenters. The third-order valence-corrected chi connectivity index (χ3v) is 4.59. The topological polar surface area (TPSA) is 87.7 Å². The van der Waals surface area contributed by atoms with Crippen LogP contribution < -0.4 is 5.32 Å². The van der Waals surface area contributed by atoms with Gasteiger partial charge >= 0.3 is 0 Å². The second-order valence-corrected chi connectivity index (χ2v) is 6.55. The van der Waals surface area contributed by atoms with Crippen LogP contribution >= 0.6 is 0 Å². The zero-order valence-electron chi connectivity index (χ0n) is 16.0. The highest BCUT2D eigenvalue weighted by molar-refractivity contribution is 6.01. The predicted octanol–water partition coefficient (Wildman–Crippen LogP) is 4.35. The van der Waals surface area contributed by atoms with E-state index >= 15 is 0 Å². The summed E-state index contributed by atoms with van der Waals surface area (Å²) in [7, 11) is 0. The van der Waals surface area contributed by atoms with E-state index in [0.717, 1.165) is 16.7 Å². The number of aromatic nitrogens is 1. The molecule has 0 saturated carbocycles. The number of oxime groups is 1. The summed E-state index contributed by atoms with van der Waals surface area (Å²) in [5.41, 5.74) is 4.37. The summed E-state index contributed by atoms with van der Waals surface area (Å²) in [6, 6.07) is 17.2. The molecule has 0 saturated heterocycles. The van der Waals surface area contributed by atoms with Crippen molar-refractivity contribution in [1.29, 1.82) is 0 Å². The minimum absolute atomic E-state index is 0.223. The number of nitrogens with one attached hydrogen (secondary N) is 1. The van der Waals surface area contributed by atoms with Gasteiger partial charge in [0.05, 0.1) is 5.71 Å². The zero-order chi connectivity index (χ0) is 19.9. The fourth-order valence-electron chi connectivity index (χ4n) is 3.09. The molecule has 0 bridgehead atoms. The number of amides is 1. The maximum atomic E-state index is 12.7. The lowest BCUT2D eigenvalue weighted by Crippen LogP contribution is -2.25. The Labute approximate surface area is 163 Å². The minimum atomic E-state index is -0.223. The fourth-order valence-corrected chi connectivity index (χ4v) is 3.09. The molecule has 0 spiro atoms. The first-order chi connectivity index (χ1) is 13.6. The van der Waals surface area contributed by atoms with Crippen LogP contribution in [0.2, 0.25) is 0 Å². The van der Waals surface area contributed by atoms with Crippen molar-refractivity contribution >= 4 is 11.6 Å². The number of carbonyl (C=O) groups excluding carboxylic acids is 1. The molecule has 144 valence electrons. The van der Waals surface area contributed by atoms with Crippen LogP contribution in [-0.4, -0.2) is 28.5 Å². The summed E-state index contributed by atoms with van der Waals surface area (Å²) in [4.78, 5) is 12.7. The number of nitrogens with zero attached hydrogens (tertiary/aromatic N) is 2. The molecule has 1 amide bonds. The molecule has 3 aromatic rings. The van der Waals surface area contributed by atoms with Crippen LogP contribution in [0.25, 0.3) is 11.3 Å². The van der Waals surface area contributed by atoms with Crippen LogP contribution in [0.3, 0.4) is 0 Å². The van der Waals surface area contributed by atoms with E-state index in [1.165, 1.54) is 0 Å². The van der Waals surface area contributed by atoms with Crippen molar-refractivity contribution in [3.8, 4) is 11.3 Å². The summed E-state index contributed by atoms with van der Waals surface area (Å²) in [6.45, 7) is 4.15. The highest BCUT2D eigenvalue weighted by Gasteiger charge is 2.22. The molecule has 0 aliphatic rings. The van der Waals surface area contributed by atoms with Gasteiger partial charge in [-0.15, -0.1) is 0 Å². The third-order valence-electron chi connectivity index (χ3n) is 4.59. The van der Waals surface area contributed by atoms with E-state index in [-0.39, 0.29) is 5.91 Å². The second kappa shape index (κ2) is 8.99. The van der Waals surface area contributed by atoms with Crippen molar-refractivity contribution in [2.75, 3.05) is 6.54 Å². The molecule has 6 nitrogen and oxygen atoms in total. The van der Waals surface area contributed by atoms with Crippen molar-refractivity contribution in [3.05, 3.63) is 77.0 Å². The summed E-state index contributed by atoms with van der Waals surface area (Å²) >= 11 is 0. The van der Waals surface area contributed by atoms with Gasteiger partial charge in [0, 0.05) is 12.1 Å². The highest BCUT2D eigenvalue weighted by Crippen LogP contribution is 2.27. The highest BCUT2D eigenvalue weighted by atomic mass is 16.5. The minimum Gasteiger partial charge on any atom is -0.411 e. The van der Waals surface area contributed by atoms with Crippen LogP contribution in [0.4, 0.5) is 0 Å². The molecule has 0 aliphatic heterocycles. The fraction of sp³-hybridized carbons (Fsp3) is 0.227. The van der Waals surface area contributed by atoms with Gasteiger partial charge in [-0.25, -0.2) is 0 Å². The van der Waals surface area contributed by atoms with Crippen LogP contribution in [0.15, 0.2) is 64.3 Å². The Morgan fingerprint density at radius 1 is 1.11 bits per heavy atom. The molecule has 0 fully saturated rings. The molecule has 0 unspecified atom stereocenters. The first kappa shape index (κ1) is 19.4. The maximum Gasteiger partial charge on any atom is 0.257 e. The standard InChI is InChI=1S/C22H23N3O3/c1-15-9-6-7-12-18(15)21-20(16(2)28-25-21)22(26)23-14-8-13-19(24-27)17-10-4-3-5-11-17/h3-7,9-12,27H,8,13-14H2,1-2H3,(H,23,26)/b24-19-. The largest absolute Gasteiger partial charge is 0.411 e. The lowest BCUT2D eigenvalue weighted by molar-refractivity contribution is 0.0952. The molecule has 2 aromatic carbocycles. The van der Waals surface area contributed by atoms with Crippen molar-refractivity contribution < 1.29 is 14.5 Å². The van der Waals surface area contributed by atoms with Gasteiger partial charge in [0.15, 0.2) is 0 Å². The van der Waals surface area contributed by atoms with Gasteiger partial charge in [0.25, 0.3) is 5.91 Å². The number of hydrogen-bond acceptors (Lipinski definition) is 5. The number of hydrogen-bond donors (Lipinski definition) is 2. The predicted molar refractivity (Wildman–Crippen MR) is 108 cm³/mol. The maximum absolute atomic E-state index is 12.7. The van der Waals surface area contributed by atoms with E-state index in [4.69, 9.17) is 4.52 Å². The average Bonchev–Trinajstić information content (AvgIpc) is 3.10. The SMILES string of the molecule is Cc1ccccc1-c1noc(C)c1C(=O)NCCC/C(=N/O)c1ccccc1. The van der Waals surface area contributed by atoms with Gasteiger partial charge < -0.3 is 15.0 Å². The molecule has 1 aromatic heterocycles. The van der Waals surface area contributed by atoms with Gasteiger partial charge in [-0.05, 0) is 37.8 Å². The van der Waals surface area contributed by atoms with Crippen LogP contribution in [0.1, 0.15) is 40.1 Å². The molecule has 6 heteroatoms. The lowest BCUT2D eigenvalue weighted by atomic mass is 10.0. The van der Waals surface area contributed by atoms with E-state index in [1.54, 1.807) is 6.92 Å². The quantitative estimate of drug-likeness (QED) is 0.277. The zero-order valence-corrected chi connectivity index (χ0v) is 16.0. The van der Waals surface area contributed by atoms with Crippen LogP contribution in [0.5, 0.6) is 0 Å². The molecule has 28 heavy (non-hydrogen) atoms. The Morgan fingerprint density at radius 2 is 1.82 bits per heavy atom. The van der Waals surface area contributed by atoms with E-state index in [2.05, 4.69) is 15.6 Å². The van der Waals surface area contributed by atoms with Crippen molar-refractivity contribution in [3.63, 3.8) is 0 Å². The monoisotopic (exact) mass is 377 g/mol. The van der Waals surface area contributed by atoms with Crippen molar-refractivity contribution in [1.82, 2.24) is 10.5 Å². The lowest BCUT2D eigenvalue weighted by Gasteiger charge is -2.08. The number of aryl methyl sites for hydroxylation is 2. The van der Waals surface area contributed by atoms with E-state index in [1.807, 2.05) is 61.5 Å². The Bertz CT molecular complexity index is 978. The number of carbonyl (C=O) groups is 1. The van der Waals surface area contributed by atoms with Gasteiger partial charge in [0.2, 0.25) is 0 Å². The first-order valence-corrected chi connectivity index (χ1v) is 9.18. The van der Waals surface area contributed by atoms with Gasteiger partial charge in [-0.1, -0.05) is 64.9 Å². The summed E-state index contributed by atoms with van der Waals surface area (Å²) in [6.07, 6.45) is 1.19. The van der Waals surface area contributed by atoms with Gasteiger partial charge in [-0.3, -0.25) is 4.79 Å². The molecule has 0 radical (unpaired) electrons. The van der Waals surface area contributed by atoms with Crippen LogP contribution in [0, 0.1) is 13.8 Å². The van der Waals surface area contributed by atoms with Crippen LogP contribution in [-0.2, 0) is 0 Å². The third kappa shape index (κ3) is 4.28. The molecular weight excluding hydrogens is 354 g/mol. The Hall–Kier alpha value is -3.41. The van der Waals surface area contributed by atoms with Gasteiger partial charge in [-0.2, -0.15) is 0 Å². The first-order valence-electron chi connectivity index (χ1n) is 9.18. The summed E-state index contributed by atoms with van der Waals surface area (Å²) in [5, 5.41) is 19.6. The Kier molecular flexibility index (Phi) is 6.22. The molecular formula is C22H23N3O3. The molecule has 3 rings (SSSR count).